The Kier molecular flexibility index (Phi) is 13.9. The van der Waals surface area contributed by atoms with Crippen LogP contribution in [0.2, 0.25) is 0 Å². The van der Waals surface area contributed by atoms with Crippen LogP contribution in [0.5, 0.6) is 11.5 Å². The Morgan fingerprint density at radius 2 is 0.632 bits per heavy atom. The minimum atomic E-state index is 0.597. The highest BCUT2D eigenvalue weighted by Crippen LogP contribution is 2.43. The number of benzene rings is 11. The molecule has 0 spiro atoms. The largest absolute Gasteiger partial charge is 0.457 e. The van der Waals surface area contributed by atoms with E-state index in [2.05, 4.69) is 248 Å². The lowest BCUT2D eigenvalue weighted by molar-refractivity contribution is 0.483. The van der Waals surface area contributed by atoms with Gasteiger partial charge in [-0.2, -0.15) is 0 Å². The van der Waals surface area contributed by atoms with Crippen LogP contribution in [-0.2, 0) is 0 Å². The van der Waals surface area contributed by atoms with Gasteiger partial charge in [0.05, 0.1) is 16.9 Å². The monoisotopic (exact) mass is 1110 g/mol. The third kappa shape index (κ3) is 10.7. The van der Waals surface area contributed by atoms with Crippen molar-refractivity contribution >= 4 is 21.7 Å². The number of fused-ring (bicyclic) bond motifs is 3. The number of rotatable bonds is 13. The highest BCUT2D eigenvalue weighted by molar-refractivity contribution is 6.05. The molecule has 87 heavy (non-hydrogen) atoms. The fraction of sp³-hybridized carbons (Fsp3) is 0. The minimum Gasteiger partial charge on any atom is -0.457 e. The second kappa shape index (κ2) is 23.1. The van der Waals surface area contributed by atoms with Crippen molar-refractivity contribution in [1.29, 1.82) is 0 Å². The Balaban J connectivity index is 0.791. The molecule has 6 heteroatoms. The summed E-state index contributed by atoms with van der Waals surface area (Å²) >= 11 is 0. The molecule has 15 aromatic rings. The van der Waals surface area contributed by atoms with Gasteiger partial charge in [0.2, 0.25) is 0 Å². The van der Waals surface area contributed by atoms with Gasteiger partial charge in [-0.05, 0) is 151 Å². The van der Waals surface area contributed by atoms with Crippen molar-refractivity contribution in [3.05, 3.63) is 322 Å². The van der Waals surface area contributed by atoms with Crippen LogP contribution >= 0.6 is 0 Å². The van der Waals surface area contributed by atoms with Gasteiger partial charge in [0.1, 0.15) is 11.5 Å². The predicted octanol–water partition coefficient (Wildman–Crippen LogP) is 21.1. The summed E-state index contributed by atoms with van der Waals surface area (Å²) in [6, 6.07) is 102. The van der Waals surface area contributed by atoms with Crippen LogP contribution < -0.4 is 4.74 Å². The molecular formula is C81H53N5O. The lowest BCUT2D eigenvalue weighted by Crippen LogP contribution is -1.94. The maximum Gasteiger partial charge on any atom is 0.159 e. The van der Waals surface area contributed by atoms with Crippen molar-refractivity contribution in [2.75, 3.05) is 0 Å². The molecular weight excluding hydrogens is 1060 g/mol. The van der Waals surface area contributed by atoms with Gasteiger partial charge in [-0.25, -0.2) is 9.97 Å². The molecule has 408 valence electrons. The van der Waals surface area contributed by atoms with Crippen LogP contribution in [0.4, 0.5) is 0 Å². The number of nitrogens with zero attached hydrogens (tertiary/aromatic N) is 5. The summed E-state index contributed by atoms with van der Waals surface area (Å²) in [4.78, 5) is 24.9. The zero-order chi connectivity index (χ0) is 57.9. The topological polar surface area (TPSA) is 73.7 Å². The van der Waals surface area contributed by atoms with E-state index in [0.29, 0.717) is 11.6 Å². The third-order valence-electron chi connectivity index (χ3n) is 16.2. The van der Waals surface area contributed by atoms with Crippen molar-refractivity contribution in [3.63, 3.8) is 0 Å². The highest BCUT2D eigenvalue weighted by Gasteiger charge is 2.18. The molecule has 15 rings (SSSR count). The third-order valence-corrected chi connectivity index (χ3v) is 16.2. The van der Waals surface area contributed by atoms with Crippen LogP contribution in [0, 0.1) is 0 Å². The lowest BCUT2D eigenvalue weighted by atomic mass is 9.86. The van der Waals surface area contributed by atoms with Gasteiger partial charge in [0.15, 0.2) is 5.82 Å². The molecule has 0 atom stereocenters. The van der Waals surface area contributed by atoms with E-state index < -0.39 is 0 Å². The molecule has 0 aliphatic rings. The Bertz CT molecular complexity index is 4800. The molecule has 0 bridgehead atoms. The first-order valence-electron chi connectivity index (χ1n) is 29.1. The van der Waals surface area contributed by atoms with Crippen molar-refractivity contribution in [1.82, 2.24) is 24.9 Å². The molecule has 0 fully saturated rings. The summed E-state index contributed by atoms with van der Waals surface area (Å²) in [6.07, 6.45) is 9.69. The molecule has 4 heterocycles. The van der Waals surface area contributed by atoms with Gasteiger partial charge >= 0.3 is 0 Å². The number of ether oxygens (including phenoxy) is 1. The molecule has 0 amide bonds. The van der Waals surface area contributed by atoms with Crippen molar-refractivity contribution in [2.45, 2.75) is 0 Å². The van der Waals surface area contributed by atoms with Crippen molar-refractivity contribution < 1.29 is 4.74 Å². The fourth-order valence-electron chi connectivity index (χ4n) is 11.8. The highest BCUT2D eigenvalue weighted by atomic mass is 16.5. The van der Waals surface area contributed by atoms with E-state index in [4.69, 9.17) is 24.7 Å². The lowest BCUT2D eigenvalue weighted by Gasteiger charge is -2.18. The fourth-order valence-corrected chi connectivity index (χ4v) is 11.8. The van der Waals surface area contributed by atoms with Crippen LogP contribution in [0.3, 0.4) is 0 Å². The van der Waals surface area contributed by atoms with E-state index >= 15 is 0 Å². The average molecular weight is 1110 g/mol. The summed E-state index contributed by atoms with van der Waals surface area (Å²) in [5.41, 5.74) is 22.9. The number of hydrogen-bond donors (Lipinski definition) is 0. The Morgan fingerprint density at radius 3 is 1.16 bits per heavy atom. The second-order valence-corrected chi connectivity index (χ2v) is 21.6. The first kappa shape index (κ1) is 52.1. The zero-order valence-corrected chi connectivity index (χ0v) is 47.2. The summed E-state index contributed by atoms with van der Waals surface area (Å²) in [5, 5.41) is 3.24. The van der Waals surface area contributed by atoms with Crippen molar-refractivity contribution in [3.8, 4) is 134 Å². The minimum absolute atomic E-state index is 0.597. The smallest absolute Gasteiger partial charge is 0.159 e. The van der Waals surface area contributed by atoms with E-state index in [0.717, 1.165) is 133 Å². The molecule has 0 unspecified atom stereocenters. The van der Waals surface area contributed by atoms with Crippen LogP contribution in [0.25, 0.3) is 145 Å². The van der Waals surface area contributed by atoms with E-state index in [1.54, 1.807) is 0 Å². The Labute approximate surface area is 505 Å². The van der Waals surface area contributed by atoms with Gasteiger partial charge in [-0.3, -0.25) is 15.0 Å². The average Bonchev–Trinajstić information content (AvgIpc) is 2.56. The van der Waals surface area contributed by atoms with Crippen molar-refractivity contribution in [2.24, 2.45) is 0 Å². The molecule has 0 radical (unpaired) electrons. The molecule has 6 nitrogen and oxygen atoms in total. The van der Waals surface area contributed by atoms with E-state index in [9.17, 15) is 0 Å². The first-order valence-corrected chi connectivity index (χ1v) is 29.1. The Morgan fingerprint density at radius 1 is 0.218 bits per heavy atom. The normalized spacial score (nSPS) is 11.2. The van der Waals surface area contributed by atoms with Gasteiger partial charge in [0.25, 0.3) is 0 Å². The SMILES string of the molecule is c1ccc(-c2cccc(-c3ccc(-c4ccccc4-c4cc(-c5ccccc5-c5ccc(-c6cccc(-c7ccccc7)c6)nc5)cc(-c5ccccc5-c5cnc(-c6cccc(Oc7ccc8ccc9cccnc9c8c7)c6)nc5)c4)cn3)c2)cc1. The van der Waals surface area contributed by atoms with Crippen LogP contribution in [-0.4, -0.2) is 24.9 Å². The van der Waals surface area contributed by atoms with E-state index in [1.165, 1.54) is 11.1 Å². The van der Waals surface area contributed by atoms with Gasteiger partial charge in [-0.15, -0.1) is 0 Å². The van der Waals surface area contributed by atoms with Crippen LogP contribution in [0.15, 0.2) is 322 Å². The van der Waals surface area contributed by atoms with Crippen LogP contribution in [0.1, 0.15) is 0 Å². The summed E-state index contributed by atoms with van der Waals surface area (Å²) in [6.45, 7) is 0. The molecule has 0 N–H and O–H groups in total. The quantitative estimate of drug-likeness (QED) is 0.107. The second-order valence-electron chi connectivity index (χ2n) is 21.6. The molecule has 11 aromatic carbocycles. The maximum atomic E-state index is 6.49. The summed E-state index contributed by atoms with van der Waals surface area (Å²) in [5.74, 6) is 2.01. The molecule has 0 aliphatic carbocycles. The molecule has 0 aliphatic heterocycles. The summed E-state index contributed by atoms with van der Waals surface area (Å²) in [7, 11) is 0. The maximum absolute atomic E-state index is 6.49. The predicted molar refractivity (Wildman–Crippen MR) is 357 cm³/mol. The molecule has 0 saturated heterocycles. The van der Waals surface area contributed by atoms with E-state index in [1.807, 2.05) is 79.5 Å². The standard InChI is InChI=1S/C81H53N5O/c1-3-17-54(18-4-1)58-21-13-23-60(43-58)78-40-37-63(50-83-78)71-28-7-9-30-73(71)65-45-66(74-31-10-8-29-72(74)64-38-41-79(84-51-64)61-24-14-22-59(44-61)55-19-5-2-6-20-55)47-67(46-65)75-32-11-12-33-76(75)68-52-85-81(86-53-68)62-25-15-27-69(48-62)87-70-39-36-56-34-35-57-26-16-42-82-80(57)77(56)49-70/h1-53H. The first-order chi connectivity index (χ1) is 43.1. The number of pyridine rings is 3. The molecule has 0 saturated carbocycles. The van der Waals surface area contributed by atoms with Gasteiger partial charge < -0.3 is 4.74 Å². The van der Waals surface area contributed by atoms with Gasteiger partial charge in [-0.1, -0.05) is 218 Å². The number of hydrogen-bond acceptors (Lipinski definition) is 6. The van der Waals surface area contributed by atoms with E-state index in [-0.39, 0.29) is 0 Å². The zero-order valence-electron chi connectivity index (χ0n) is 47.2. The number of aromatic nitrogens is 5. The molecule has 4 aromatic heterocycles. The Hall–Kier alpha value is -11.7. The summed E-state index contributed by atoms with van der Waals surface area (Å²) < 4.78 is 6.49. The van der Waals surface area contributed by atoms with Gasteiger partial charge in [0, 0.05) is 75.1 Å².